The predicted molar refractivity (Wildman–Crippen MR) is 126 cm³/mol. The van der Waals surface area contributed by atoms with E-state index in [2.05, 4.69) is 42.5 Å². The molecule has 0 aliphatic heterocycles. The Balaban J connectivity index is 1.57. The highest BCUT2D eigenvalue weighted by atomic mass is 16.5. The Labute approximate surface area is 189 Å². The number of anilines is 1. The van der Waals surface area contributed by atoms with Crippen molar-refractivity contribution in [2.75, 3.05) is 12.4 Å². The molecule has 0 aliphatic rings. The van der Waals surface area contributed by atoms with E-state index in [4.69, 9.17) is 4.74 Å². The van der Waals surface area contributed by atoms with Crippen molar-refractivity contribution in [2.24, 2.45) is 0 Å². The molecule has 32 heavy (non-hydrogen) atoms. The maximum atomic E-state index is 12.5. The van der Waals surface area contributed by atoms with Gasteiger partial charge in [-0.3, -0.25) is 14.6 Å². The lowest BCUT2D eigenvalue weighted by molar-refractivity contribution is -0.116. The van der Waals surface area contributed by atoms with Crippen LogP contribution in [-0.2, 0) is 16.6 Å². The van der Waals surface area contributed by atoms with E-state index in [9.17, 15) is 9.59 Å². The average Bonchev–Trinajstić information content (AvgIpc) is 2.78. The van der Waals surface area contributed by atoms with Crippen LogP contribution >= 0.6 is 0 Å². The Morgan fingerprint density at radius 3 is 2.38 bits per heavy atom. The Morgan fingerprint density at radius 2 is 1.69 bits per heavy atom. The summed E-state index contributed by atoms with van der Waals surface area (Å²) in [6.07, 6.45) is 2.54. The number of benzene rings is 2. The number of hydrogen-bond donors (Lipinski definition) is 2. The molecule has 1 heterocycles. The van der Waals surface area contributed by atoms with Crippen molar-refractivity contribution in [1.29, 1.82) is 0 Å². The predicted octanol–water partition coefficient (Wildman–Crippen LogP) is 5.10. The number of rotatable bonds is 7. The van der Waals surface area contributed by atoms with Crippen molar-refractivity contribution in [2.45, 2.75) is 39.0 Å². The zero-order valence-corrected chi connectivity index (χ0v) is 18.9. The first-order valence-corrected chi connectivity index (χ1v) is 10.6. The standard InChI is InChI=1S/C26H29N3O3/c1-26(2,3)21-7-5-6-8-22(21)29-24(30)14-11-18-9-12-19(13-10-18)32-20-15-16-28-23(17-20)25(31)27-4/h5-10,12-13,15-17H,11,14H2,1-4H3,(H,27,31)(H,29,30). The first-order valence-electron chi connectivity index (χ1n) is 10.6. The number of para-hydroxylation sites is 1. The molecule has 2 aromatic carbocycles. The lowest BCUT2D eigenvalue weighted by Crippen LogP contribution is -2.19. The van der Waals surface area contributed by atoms with E-state index in [0.717, 1.165) is 16.8 Å². The zero-order valence-electron chi connectivity index (χ0n) is 18.9. The van der Waals surface area contributed by atoms with Crippen LogP contribution in [0.3, 0.4) is 0 Å². The Morgan fingerprint density at radius 1 is 0.969 bits per heavy atom. The van der Waals surface area contributed by atoms with Gasteiger partial charge in [0.1, 0.15) is 17.2 Å². The molecule has 0 saturated heterocycles. The monoisotopic (exact) mass is 431 g/mol. The zero-order chi connectivity index (χ0) is 23.1. The first-order chi connectivity index (χ1) is 15.3. The molecule has 2 N–H and O–H groups in total. The van der Waals surface area contributed by atoms with Gasteiger partial charge in [-0.15, -0.1) is 0 Å². The number of amides is 2. The van der Waals surface area contributed by atoms with Gasteiger partial charge in [-0.2, -0.15) is 0 Å². The molecule has 0 radical (unpaired) electrons. The van der Waals surface area contributed by atoms with E-state index in [1.165, 1.54) is 6.20 Å². The van der Waals surface area contributed by atoms with Crippen LogP contribution in [-0.4, -0.2) is 23.8 Å². The van der Waals surface area contributed by atoms with Gasteiger partial charge in [0.15, 0.2) is 0 Å². The van der Waals surface area contributed by atoms with Gasteiger partial charge in [-0.05, 0) is 47.2 Å². The first kappa shape index (κ1) is 23.0. The third kappa shape index (κ3) is 6.17. The molecule has 0 saturated carbocycles. The highest BCUT2D eigenvalue weighted by Crippen LogP contribution is 2.29. The third-order valence-electron chi connectivity index (χ3n) is 5.00. The lowest BCUT2D eigenvalue weighted by Gasteiger charge is -2.23. The van der Waals surface area contributed by atoms with Crippen molar-refractivity contribution in [3.05, 3.63) is 83.7 Å². The molecule has 2 amide bonds. The highest BCUT2D eigenvalue weighted by Gasteiger charge is 2.18. The van der Waals surface area contributed by atoms with Crippen molar-refractivity contribution in [3.8, 4) is 11.5 Å². The molecule has 0 fully saturated rings. The Hall–Kier alpha value is -3.67. The molecule has 166 valence electrons. The number of nitrogens with zero attached hydrogens (tertiary/aromatic N) is 1. The van der Waals surface area contributed by atoms with Crippen LogP contribution in [0.1, 0.15) is 48.8 Å². The maximum Gasteiger partial charge on any atom is 0.269 e. The number of nitrogens with one attached hydrogen (secondary N) is 2. The molecule has 3 aromatic rings. The van der Waals surface area contributed by atoms with E-state index in [-0.39, 0.29) is 17.2 Å². The molecule has 6 heteroatoms. The van der Waals surface area contributed by atoms with Crippen LogP contribution in [0.2, 0.25) is 0 Å². The summed E-state index contributed by atoms with van der Waals surface area (Å²) in [5.41, 5.74) is 3.26. The van der Waals surface area contributed by atoms with E-state index in [1.807, 2.05) is 42.5 Å². The van der Waals surface area contributed by atoms with Gasteiger partial charge in [-0.1, -0.05) is 51.1 Å². The molecule has 0 unspecified atom stereocenters. The largest absolute Gasteiger partial charge is 0.457 e. The van der Waals surface area contributed by atoms with Gasteiger partial charge in [0.2, 0.25) is 5.91 Å². The Kier molecular flexibility index (Phi) is 7.25. The molecule has 0 aliphatic carbocycles. The summed E-state index contributed by atoms with van der Waals surface area (Å²) in [5, 5.41) is 5.59. The molecule has 3 rings (SSSR count). The number of pyridine rings is 1. The van der Waals surface area contributed by atoms with Crippen LogP contribution in [0.4, 0.5) is 5.69 Å². The Bertz CT molecular complexity index is 1090. The molecule has 6 nitrogen and oxygen atoms in total. The van der Waals surface area contributed by atoms with Crippen LogP contribution in [0.15, 0.2) is 66.9 Å². The van der Waals surface area contributed by atoms with Gasteiger partial charge in [0.25, 0.3) is 5.91 Å². The second-order valence-corrected chi connectivity index (χ2v) is 8.55. The van der Waals surface area contributed by atoms with Gasteiger partial charge < -0.3 is 15.4 Å². The summed E-state index contributed by atoms with van der Waals surface area (Å²) in [7, 11) is 1.56. The van der Waals surface area contributed by atoms with E-state index in [0.29, 0.717) is 30.0 Å². The van der Waals surface area contributed by atoms with Crippen molar-refractivity contribution in [3.63, 3.8) is 0 Å². The quantitative estimate of drug-likeness (QED) is 0.545. The number of hydrogen-bond acceptors (Lipinski definition) is 4. The van der Waals surface area contributed by atoms with Crippen molar-refractivity contribution in [1.82, 2.24) is 10.3 Å². The van der Waals surface area contributed by atoms with Crippen LogP contribution in [0, 0.1) is 0 Å². The number of aromatic nitrogens is 1. The van der Waals surface area contributed by atoms with Gasteiger partial charge in [0, 0.05) is 31.4 Å². The van der Waals surface area contributed by atoms with Gasteiger partial charge in [0.05, 0.1) is 0 Å². The van der Waals surface area contributed by atoms with Crippen LogP contribution < -0.4 is 15.4 Å². The van der Waals surface area contributed by atoms with Crippen molar-refractivity contribution < 1.29 is 14.3 Å². The number of ether oxygens (including phenoxy) is 1. The number of carbonyl (C=O) groups is 2. The second kappa shape index (κ2) is 10.1. The minimum absolute atomic E-state index is 0.0134. The second-order valence-electron chi connectivity index (χ2n) is 8.55. The average molecular weight is 432 g/mol. The van der Waals surface area contributed by atoms with Gasteiger partial charge >= 0.3 is 0 Å². The fourth-order valence-corrected chi connectivity index (χ4v) is 3.30. The van der Waals surface area contributed by atoms with E-state index in [1.54, 1.807) is 19.2 Å². The number of carbonyl (C=O) groups excluding carboxylic acids is 2. The van der Waals surface area contributed by atoms with Gasteiger partial charge in [-0.25, -0.2) is 0 Å². The lowest BCUT2D eigenvalue weighted by atomic mass is 9.86. The summed E-state index contributed by atoms with van der Waals surface area (Å²) < 4.78 is 5.82. The maximum absolute atomic E-state index is 12.5. The summed E-state index contributed by atoms with van der Waals surface area (Å²) in [6.45, 7) is 6.40. The topological polar surface area (TPSA) is 80.3 Å². The smallest absolute Gasteiger partial charge is 0.269 e. The van der Waals surface area contributed by atoms with Crippen molar-refractivity contribution >= 4 is 17.5 Å². The summed E-state index contributed by atoms with van der Waals surface area (Å²) in [5.74, 6) is 0.893. The summed E-state index contributed by atoms with van der Waals surface area (Å²) >= 11 is 0. The fraction of sp³-hybridized carbons (Fsp3) is 0.269. The van der Waals surface area contributed by atoms with E-state index < -0.39 is 0 Å². The third-order valence-corrected chi connectivity index (χ3v) is 5.00. The molecule has 0 spiro atoms. The minimum atomic E-state index is -0.269. The van der Waals surface area contributed by atoms with Crippen LogP contribution in [0.25, 0.3) is 0 Å². The summed E-state index contributed by atoms with van der Waals surface area (Å²) in [6, 6.07) is 18.8. The highest BCUT2D eigenvalue weighted by molar-refractivity contribution is 5.92. The van der Waals surface area contributed by atoms with Crippen LogP contribution in [0.5, 0.6) is 11.5 Å². The molecular formula is C26H29N3O3. The molecule has 0 bridgehead atoms. The van der Waals surface area contributed by atoms with E-state index >= 15 is 0 Å². The SMILES string of the molecule is CNC(=O)c1cc(Oc2ccc(CCC(=O)Nc3ccccc3C(C)(C)C)cc2)ccn1. The molecule has 1 aromatic heterocycles. The molecular weight excluding hydrogens is 402 g/mol. The number of aryl methyl sites for hydroxylation is 1. The minimum Gasteiger partial charge on any atom is -0.457 e. The normalized spacial score (nSPS) is 11.0. The fourth-order valence-electron chi connectivity index (χ4n) is 3.30. The molecule has 0 atom stereocenters. The summed E-state index contributed by atoms with van der Waals surface area (Å²) in [4.78, 5) is 28.2.